The van der Waals surface area contributed by atoms with Crippen LogP contribution >= 0.6 is 0 Å². The van der Waals surface area contributed by atoms with Crippen LogP contribution < -0.4 is 11.5 Å². The van der Waals surface area contributed by atoms with Crippen LogP contribution in [0.3, 0.4) is 0 Å². The van der Waals surface area contributed by atoms with E-state index in [-0.39, 0.29) is 31.8 Å². The monoisotopic (exact) mass is 376 g/mol. The maximum absolute atomic E-state index is 9.21. The molecule has 0 aromatic rings. The van der Waals surface area contributed by atoms with Crippen molar-refractivity contribution in [3.8, 4) is 0 Å². The second-order valence-electron chi connectivity index (χ2n) is 7.70. The molecule has 0 unspecified atom stereocenters. The van der Waals surface area contributed by atoms with Crippen LogP contribution in [0.15, 0.2) is 0 Å². The van der Waals surface area contributed by atoms with E-state index in [1.54, 1.807) is 0 Å². The smallest absolute Gasteiger partial charge is 0.0431 e. The Morgan fingerprint density at radius 2 is 0.846 bits per heavy atom. The van der Waals surface area contributed by atoms with Crippen molar-refractivity contribution in [1.82, 2.24) is 0 Å². The van der Waals surface area contributed by atoms with Gasteiger partial charge in [0.1, 0.15) is 0 Å². The molecule has 8 N–H and O–H groups in total. The number of aliphatic hydroxyl groups excluding tert-OH is 4. The summed E-state index contributed by atoms with van der Waals surface area (Å²) in [7, 11) is 0. The van der Waals surface area contributed by atoms with Crippen molar-refractivity contribution in [3.63, 3.8) is 0 Å². The standard InChI is InChI=1S/C20H44N2O4/c21-14-13-19(9-1-5-15-23,10-2-6-16-24)20(22,11-3-7-17-25)12-4-8-18-26/h23-26H,1-18,21-22H2. The highest BCUT2D eigenvalue weighted by Gasteiger charge is 2.46. The predicted molar refractivity (Wildman–Crippen MR) is 107 cm³/mol. The minimum Gasteiger partial charge on any atom is -0.396 e. The molecule has 0 aromatic carbocycles. The number of rotatable bonds is 19. The van der Waals surface area contributed by atoms with E-state index in [4.69, 9.17) is 11.5 Å². The Kier molecular flexibility index (Phi) is 15.6. The van der Waals surface area contributed by atoms with Gasteiger partial charge in [-0.3, -0.25) is 0 Å². The summed E-state index contributed by atoms with van der Waals surface area (Å²) < 4.78 is 0. The zero-order chi connectivity index (χ0) is 19.7. The zero-order valence-electron chi connectivity index (χ0n) is 16.7. The van der Waals surface area contributed by atoms with Gasteiger partial charge >= 0.3 is 0 Å². The highest BCUT2D eigenvalue weighted by molar-refractivity contribution is 5.02. The van der Waals surface area contributed by atoms with Crippen molar-refractivity contribution in [2.24, 2.45) is 16.9 Å². The van der Waals surface area contributed by atoms with Crippen molar-refractivity contribution in [1.29, 1.82) is 0 Å². The van der Waals surface area contributed by atoms with E-state index in [0.29, 0.717) is 6.54 Å². The second-order valence-corrected chi connectivity index (χ2v) is 7.70. The average Bonchev–Trinajstić information content (AvgIpc) is 2.62. The van der Waals surface area contributed by atoms with E-state index >= 15 is 0 Å². The van der Waals surface area contributed by atoms with Crippen LogP contribution in [-0.2, 0) is 0 Å². The molecule has 0 aliphatic carbocycles. The average molecular weight is 377 g/mol. The third-order valence-corrected chi connectivity index (χ3v) is 5.87. The molecule has 0 rings (SSSR count). The molecule has 0 aromatic heterocycles. The van der Waals surface area contributed by atoms with Gasteiger partial charge in [0.25, 0.3) is 0 Å². The highest BCUT2D eigenvalue weighted by atomic mass is 16.3. The molecule has 0 atom stereocenters. The van der Waals surface area contributed by atoms with Crippen LogP contribution in [0.4, 0.5) is 0 Å². The maximum Gasteiger partial charge on any atom is 0.0431 e. The summed E-state index contributed by atoms with van der Waals surface area (Å²) in [6.45, 7) is 1.28. The van der Waals surface area contributed by atoms with Crippen molar-refractivity contribution in [2.75, 3.05) is 33.0 Å². The van der Waals surface area contributed by atoms with Crippen LogP contribution in [0.1, 0.15) is 83.5 Å². The van der Waals surface area contributed by atoms with Crippen molar-refractivity contribution in [2.45, 2.75) is 89.0 Å². The fourth-order valence-corrected chi connectivity index (χ4v) is 4.31. The molecule has 6 heteroatoms. The largest absolute Gasteiger partial charge is 0.396 e. The van der Waals surface area contributed by atoms with Gasteiger partial charge in [0.15, 0.2) is 0 Å². The van der Waals surface area contributed by atoms with Gasteiger partial charge in [-0.2, -0.15) is 0 Å². The molecule has 0 fully saturated rings. The Morgan fingerprint density at radius 1 is 0.500 bits per heavy atom. The Morgan fingerprint density at radius 3 is 1.15 bits per heavy atom. The number of aliphatic hydroxyl groups is 4. The van der Waals surface area contributed by atoms with E-state index in [9.17, 15) is 20.4 Å². The lowest BCUT2D eigenvalue weighted by atomic mass is 9.59. The number of hydrogen-bond donors (Lipinski definition) is 6. The fraction of sp³-hybridized carbons (Fsp3) is 1.00. The first kappa shape index (κ1) is 25.8. The minimum absolute atomic E-state index is 0.128. The molecule has 0 amide bonds. The van der Waals surface area contributed by atoms with Crippen molar-refractivity contribution in [3.05, 3.63) is 0 Å². The van der Waals surface area contributed by atoms with Gasteiger partial charge in [-0.1, -0.05) is 12.8 Å². The van der Waals surface area contributed by atoms with Crippen LogP contribution in [0.5, 0.6) is 0 Å². The molecule has 0 radical (unpaired) electrons. The van der Waals surface area contributed by atoms with Gasteiger partial charge in [-0.25, -0.2) is 0 Å². The van der Waals surface area contributed by atoms with Crippen LogP contribution in [0, 0.1) is 5.41 Å². The molecule has 0 heterocycles. The topological polar surface area (TPSA) is 133 Å². The van der Waals surface area contributed by atoms with Gasteiger partial charge in [0, 0.05) is 32.0 Å². The Hall–Kier alpha value is -0.240. The molecule has 0 saturated carbocycles. The summed E-state index contributed by atoms with van der Waals surface area (Å²) >= 11 is 0. The van der Waals surface area contributed by atoms with Gasteiger partial charge in [-0.15, -0.1) is 0 Å². The quantitative estimate of drug-likeness (QED) is 0.190. The van der Waals surface area contributed by atoms with Gasteiger partial charge in [0.05, 0.1) is 0 Å². The highest BCUT2D eigenvalue weighted by Crippen LogP contribution is 2.47. The first-order valence-electron chi connectivity index (χ1n) is 10.5. The van der Waals surface area contributed by atoms with Crippen LogP contribution in [-0.4, -0.2) is 58.9 Å². The van der Waals surface area contributed by atoms with Gasteiger partial charge < -0.3 is 31.9 Å². The Bertz CT molecular complexity index is 296. The lowest BCUT2D eigenvalue weighted by Gasteiger charge is -2.50. The second kappa shape index (κ2) is 15.8. The maximum atomic E-state index is 9.21. The summed E-state index contributed by atoms with van der Waals surface area (Å²) in [5.41, 5.74) is 12.5. The SMILES string of the molecule is NCCC(CCCCO)(CCCCO)C(N)(CCCCO)CCCCO. The Labute approximate surface area is 160 Å². The van der Waals surface area contributed by atoms with Crippen LogP contribution in [0.2, 0.25) is 0 Å². The first-order chi connectivity index (χ1) is 12.6. The summed E-state index contributed by atoms with van der Waals surface area (Å²) in [6, 6.07) is 0. The van der Waals surface area contributed by atoms with Crippen LogP contribution in [0.25, 0.3) is 0 Å². The molecule has 26 heavy (non-hydrogen) atoms. The molecule has 6 nitrogen and oxygen atoms in total. The van der Waals surface area contributed by atoms with E-state index < -0.39 is 5.54 Å². The molecule has 158 valence electrons. The molecular weight excluding hydrogens is 332 g/mol. The van der Waals surface area contributed by atoms with E-state index in [1.165, 1.54) is 0 Å². The third kappa shape index (κ3) is 9.11. The van der Waals surface area contributed by atoms with E-state index in [0.717, 1.165) is 83.5 Å². The summed E-state index contributed by atoms with van der Waals surface area (Å²) in [5, 5.41) is 36.8. The molecule has 0 aliphatic heterocycles. The van der Waals surface area contributed by atoms with Gasteiger partial charge in [0.2, 0.25) is 0 Å². The van der Waals surface area contributed by atoms with Crippen molar-refractivity contribution < 1.29 is 20.4 Å². The number of unbranched alkanes of at least 4 members (excludes halogenated alkanes) is 4. The molecule has 0 spiro atoms. The minimum atomic E-state index is -0.401. The fourth-order valence-electron chi connectivity index (χ4n) is 4.31. The molecule has 0 saturated heterocycles. The molecule has 0 aliphatic rings. The predicted octanol–water partition coefficient (Wildman–Crippen LogP) is 1.67. The van der Waals surface area contributed by atoms with E-state index in [2.05, 4.69) is 0 Å². The van der Waals surface area contributed by atoms with Gasteiger partial charge in [-0.05, 0) is 82.6 Å². The molecule has 0 bridgehead atoms. The normalized spacial score (nSPS) is 12.7. The number of hydrogen-bond acceptors (Lipinski definition) is 6. The van der Waals surface area contributed by atoms with E-state index in [1.807, 2.05) is 0 Å². The Balaban J connectivity index is 5.48. The van der Waals surface area contributed by atoms with Crippen molar-refractivity contribution >= 4 is 0 Å². The first-order valence-corrected chi connectivity index (χ1v) is 10.5. The lowest BCUT2D eigenvalue weighted by molar-refractivity contribution is 0.0520. The molecular formula is C20H44N2O4. The number of nitrogens with two attached hydrogens (primary N) is 2. The summed E-state index contributed by atoms with van der Waals surface area (Å²) in [4.78, 5) is 0. The third-order valence-electron chi connectivity index (χ3n) is 5.87. The summed E-state index contributed by atoms with van der Waals surface area (Å²) in [5.74, 6) is 0. The summed E-state index contributed by atoms with van der Waals surface area (Å²) in [6.07, 6.45) is 10.9. The lowest BCUT2D eigenvalue weighted by Crippen LogP contribution is -2.56. The zero-order valence-corrected chi connectivity index (χ0v) is 16.7.